The molecule has 126 valence electrons. The highest BCUT2D eigenvalue weighted by Gasteiger charge is 2.29. The van der Waals surface area contributed by atoms with E-state index in [0.717, 1.165) is 22.4 Å². The Morgan fingerprint density at radius 3 is 2.60 bits per heavy atom. The predicted molar refractivity (Wildman–Crippen MR) is 95.2 cm³/mol. The molecule has 6 heteroatoms. The Hall–Kier alpha value is -2.57. The number of nitrogens with zero attached hydrogens (tertiary/aromatic N) is 3. The first-order valence-electron chi connectivity index (χ1n) is 8.08. The Labute approximate surface area is 147 Å². The highest BCUT2D eigenvalue weighted by Crippen LogP contribution is 2.27. The van der Waals surface area contributed by atoms with E-state index in [1.54, 1.807) is 24.4 Å². The third kappa shape index (κ3) is 3.06. The number of hydrogen-bond donors (Lipinski definition) is 0. The molecule has 1 aliphatic rings. The zero-order valence-electron chi connectivity index (χ0n) is 13.5. The summed E-state index contributed by atoms with van der Waals surface area (Å²) in [5.74, 6) is 0. The summed E-state index contributed by atoms with van der Waals surface area (Å²) in [5.41, 5.74) is 3.69. The van der Waals surface area contributed by atoms with Gasteiger partial charge >= 0.3 is 0 Å². The van der Waals surface area contributed by atoms with E-state index in [1.165, 1.54) is 10.6 Å². The smallest absolute Gasteiger partial charge is 0.243 e. The molecule has 25 heavy (non-hydrogen) atoms. The molecule has 0 unspecified atom stereocenters. The number of hydrogen-bond acceptors (Lipinski definition) is 4. The van der Waals surface area contributed by atoms with Crippen LogP contribution in [-0.4, -0.2) is 29.2 Å². The standard InChI is InChI=1S/C19H17N3O2S/c23-25(24,22-10-9-19-17(13-22)12-20-14-21-19)18-8-4-7-16(11-18)15-5-2-1-3-6-15/h1-8,11-12,14H,9-10,13H2. The van der Waals surface area contributed by atoms with E-state index in [1.807, 2.05) is 36.4 Å². The van der Waals surface area contributed by atoms with Crippen LogP contribution in [0.4, 0.5) is 0 Å². The van der Waals surface area contributed by atoms with Gasteiger partial charge in [-0.2, -0.15) is 4.31 Å². The third-order valence-corrected chi connectivity index (χ3v) is 6.25. The maximum absolute atomic E-state index is 13.1. The first-order chi connectivity index (χ1) is 12.1. The molecule has 4 rings (SSSR count). The molecule has 0 fully saturated rings. The van der Waals surface area contributed by atoms with Gasteiger partial charge in [0.05, 0.1) is 4.90 Å². The van der Waals surface area contributed by atoms with Crippen molar-refractivity contribution < 1.29 is 8.42 Å². The maximum atomic E-state index is 13.1. The molecule has 0 bridgehead atoms. The van der Waals surface area contributed by atoms with Crippen LogP contribution in [0.2, 0.25) is 0 Å². The van der Waals surface area contributed by atoms with E-state index in [9.17, 15) is 8.42 Å². The molecule has 5 nitrogen and oxygen atoms in total. The molecule has 2 heterocycles. The van der Waals surface area contributed by atoms with E-state index in [4.69, 9.17) is 0 Å². The average Bonchev–Trinajstić information content (AvgIpc) is 2.68. The summed E-state index contributed by atoms with van der Waals surface area (Å²) >= 11 is 0. The highest BCUT2D eigenvalue weighted by molar-refractivity contribution is 7.89. The summed E-state index contributed by atoms with van der Waals surface area (Å²) in [6.07, 6.45) is 3.81. The highest BCUT2D eigenvalue weighted by atomic mass is 32.2. The zero-order chi connectivity index (χ0) is 17.3. The number of aromatic nitrogens is 2. The quantitative estimate of drug-likeness (QED) is 0.728. The fraction of sp³-hybridized carbons (Fsp3) is 0.158. The summed E-state index contributed by atoms with van der Waals surface area (Å²) in [4.78, 5) is 8.55. The lowest BCUT2D eigenvalue weighted by Gasteiger charge is -2.27. The van der Waals surface area contributed by atoms with Crippen LogP contribution in [0.1, 0.15) is 11.3 Å². The molecule has 0 atom stereocenters. The van der Waals surface area contributed by atoms with E-state index in [-0.39, 0.29) is 0 Å². The molecule has 0 N–H and O–H groups in total. The Bertz CT molecular complexity index is 1000. The molecule has 3 aromatic rings. The van der Waals surface area contributed by atoms with Gasteiger partial charge in [-0.25, -0.2) is 18.4 Å². The Morgan fingerprint density at radius 1 is 0.960 bits per heavy atom. The lowest BCUT2D eigenvalue weighted by molar-refractivity contribution is 0.387. The van der Waals surface area contributed by atoms with Crippen LogP contribution < -0.4 is 0 Å². The van der Waals surface area contributed by atoms with Gasteiger partial charge in [0.1, 0.15) is 6.33 Å². The van der Waals surface area contributed by atoms with Crippen LogP contribution in [0.15, 0.2) is 72.0 Å². The minimum absolute atomic E-state index is 0.314. The molecule has 0 saturated carbocycles. The van der Waals surface area contributed by atoms with Crippen molar-refractivity contribution in [3.63, 3.8) is 0 Å². The summed E-state index contributed by atoms with van der Waals surface area (Å²) in [7, 11) is -3.56. The van der Waals surface area contributed by atoms with Crippen LogP contribution in [-0.2, 0) is 23.0 Å². The van der Waals surface area contributed by atoms with Crippen molar-refractivity contribution in [2.45, 2.75) is 17.9 Å². The fourth-order valence-corrected chi connectivity index (χ4v) is 4.53. The normalized spacial score (nSPS) is 14.9. The first kappa shape index (κ1) is 15.9. The van der Waals surface area contributed by atoms with Crippen molar-refractivity contribution in [1.29, 1.82) is 0 Å². The van der Waals surface area contributed by atoms with Gasteiger partial charge < -0.3 is 0 Å². The number of rotatable bonds is 3. The van der Waals surface area contributed by atoms with Crippen molar-refractivity contribution in [2.24, 2.45) is 0 Å². The predicted octanol–water partition coefficient (Wildman–Crippen LogP) is 2.89. The van der Waals surface area contributed by atoms with Crippen molar-refractivity contribution in [1.82, 2.24) is 14.3 Å². The van der Waals surface area contributed by atoms with Gasteiger partial charge in [0.15, 0.2) is 0 Å². The Morgan fingerprint density at radius 2 is 1.76 bits per heavy atom. The third-order valence-electron chi connectivity index (χ3n) is 4.40. The summed E-state index contributed by atoms with van der Waals surface area (Å²) in [6, 6.07) is 16.9. The van der Waals surface area contributed by atoms with E-state index in [0.29, 0.717) is 24.4 Å². The van der Waals surface area contributed by atoms with E-state index >= 15 is 0 Å². The van der Waals surface area contributed by atoms with Crippen LogP contribution in [0.25, 0.3) is 11.1 Å². The van der Waals surface area contributed by atoms with Gasteiger partial charge in [0.25, 0.3) is 0 Å². The Balaban J connectivity index is 1.68. The molecule has 0 amide bonds. The van der Waals surface area contributed by atoms with Crippen molar-refractivity contribution in [3.8, 4) is 11.1 Å². The molecule has 2 aromatic carbocycles. The van der Waals surface area contributed by atoms with Crippen molar-refractivity contribution in [3.05, 3.63) is 78.4 Å². The van der Waals surface area contributed by atoms with Gasteiger partial charge in [0.2, 0.25) is 10.0 Å². The van der Waals surface area contributed by atoms with Crippen LogP contribution in [0.5, 0.6) is 0 Å². The van der Waals surface area contributed by atoms with Crippen LogP contribution in [0.3, 0.4) is 0 Å². The van der Waals surface area contributed by atoms with Gasteiger partial charge in [-0.05, 0) is 23.3 Å². The summed E-state index contributed by atoms with van der Waals surface area (Å²) < 4.78 is 27.6. The van der Waals surface area contributed by atoms with Crippen LogP contribution >= 0.6 is 0 Å². The second-order valence-electron chi connectivity index (χ2n) is 5.98. The molecule has 0 saturated heterocycles. The molecular formula is C19H17N3O2S. The lowest BCUT2D eigenvalue weighted by atomic mass is 10.1. The van der Waals surface area contributed by atoms with Crippen molar-refractivity contribution >= 4 is 10.0 Å². The lowest BCUT2D eigenvalue weighted by Crippen LogP contribution is -2.36. The topological polar surface area (TPSA) is 63.2 Å². The number of fused-ring (bicyclic) bond motifs is 1. The molecule has 1 aromatic heterocycles. The molecule has 1 aliphatic heterocycles. The minimum atomic E-state index is -3.56. The molecule has 0 spiro atoms. The van der Waals surface area contributed by atoms with E-state index < -0.39 is 10.0 Å². The molecule has 0 radical (unpaired) electrons. The second-order valence-corrected chi connectivity index (χ2v) is 7.92. The molecular weight excluding hydrogens is 334 g/mol. The van der Waals surface area contributed by atoms with Gasteiger partial charge in [-0.1, -0.05) is 42.5 Å². The molecule has 0 aliphatic carbocycles. The maximum Gasteiger partial charge on any atom is 0.243 e. The largest absolute Gasteiger partial charge is 0.244 e. The van der Waals surface area contributed by atoms with Gasteiger partial charge in [-0.15, -0.1) is 0 Å². The monoisotopic (exact) mass is 351 g/mol. The first-order valence-corrected chi connectivity index (χ1v) is 9.52. The second kappa shape index (κ2) is 6.38. The minimum Gasteiger partial charge on any atom is -0.244 e. The van der Waals surface area contributed by atoms with Gasteiger partial charge in [0, 0.05) is 37.0 Å². The summed E-state index contributed by atoms with van der Waals surface area (Å²) in [6.45, 7) is 0.746. The summed E-state index contributed by atoms with van der Waals surface area (Å²) in [5, 5.41) is 0. The van der Waals surface area contributed by atoms with Gasteiger partial charge in [-0.3, -0.25) is 0 Å². The number of benzene rings is 2. The fourth-order valence-electron chi connectivity index (χ4n) is 3.06. The zero-order valence-corrected chi connectivity index (χ0v) is 14.4. The van der Waals surface area contributed by atoms with Crippen molar-refractivity contribution in [2.75, 3.05) is 6.54 Å². The average molecular weight is 351 g/mol. The van der Waals surface area contributed by atoms with Crippen LogP contribution in [0, 0.1) is 0 Å². The number of sulfonamides is 1. The Kier molecular flexibility index (Phi) is 4.07. The SMILES string of the molecule is O=S(=O)(c1cccc(-c2ccccc2)c1)N1CCc2ncncc2C1. The van der Waals surface area contributed by atoms with E-state index in [2.05, 4.69) is 9.97 Å².